The van der Waals surface area contributed by atoms with E-state index in [4.69, 9.17) is 11.6 Å². The second-order valence-corrected chi connectivity index (χ2v) is 6.79. The molecule has 1 aromatic rings. The zero-order chi connectivity index (χ0) is 13.0. The highest BCUT2D eigenvalue weighted by molar-refractivity contribution is 8.00. The van der Waals surface area contributed by atoms with Gasteiger partial charge < -0.3 is 10.4 Å². The van der Waals surface area contributed by atoms with E-state index < -0.39 is 0 Å². The third kappa shape index (κ3) is 3.41. The van der Waals surface area contributed by atoms with Gasteiger partial charge in [-0.3, -0.25) is 0 Å². The summed E-state index contributed by atoms with van der Waals surface area (Å²) in [5.41, 5.74) is -0.0888. The molecule has 2 N–H and O–H groups in total. The maximum Gasteiger partial charge on any atom is 0.0613 e. The van der Waals surface area contributed by atoms with E-state index in [0.717, 1.165) is 17.9 Å². The Morgan fingerprint density at radius 3 is 3.06 bits per heavy atom. The number of halogens is 1. The largest absolute Gasteiger partial charge is 0.394 e. The molecule has 4 heteroatoms. The normalized spacial score (nSPS) is 28.3. The van der Waals surface area contributed by atoms with Crippen LogP contribution in [0.3, 0.4) is 0 Å². The van der Waals surface area contributed by atoms with Crippen molar-refractivity contribution in [2.75, 3.05) is 13.7 Å². The van der Waals surface area contributed by atoms with E-state index in [0.29, 0.717) is 5.25 Å². The minimum absolute atomic E-state index is 0.0888. The minimum Gasteiger partial charge on any atom is -0.394 e. The molecule has 2 nitrogen and oxygen atoms in total. The number of thioether (sulfide) groups is 1. The van der Waals surface area contributed by atoms with Crippen LogP contribution in [0, 0.1) is 0 Å². The van der Waals surface area contributed by atoms with Gasteiger partial charge in [-0.25, -0.2) is 0 Å². The van der Waals surface area contributed by atoms with Gasteiger partial charge in [-0.15, -0.1) is 11.8 Å². The van der Waals surface area contributed by atoms with Gasteiger partial charge >= 0.3 is 0 Å². The summed E-state index contributed by atoms with van der Waals surface area (Å²) >= 11 is 7.88. The van der Waals surface area contributed by atoms with Gasteiger partial charge in [0.05, 0.1) is 6.61 Å². The van der Waals surface area contributed by atoms with Gasteiger partial charge in [0, 0.05) is 20.7 Å². The molecule has 0 aromatic heterocycles. The standard InChI is InChI=1S/C14H20ClNOS/c1-16-14(10-17)7-3-6-13(9-14)18-12-5-2-4-11(15)8-12/h2,4-5,8,13,16-17H,3,6-7,9-10H2,1H3. The molecule has 0 bridgehead atoms. The number of benzene rings is 1. The third-order valence-corrected chi connectivity index (χ3v) is 5.23. The lowest BCUT2D eigenvalue weighted by Crippen LogP contribution is -2.50. The number of nitrogens with one attached hydrogen (secondary N) is 1. The van der Waals surface area contributed by atoms with Gasteiger partial charge in [0.25, 0.3) is 0 Å². The first-order valence-electron chi connectivity index (χ1n) is 6.39. The average Bonchev–Trinajstić information content (AvgIpc) is 2.39. The van der Waals surface area contributed by atoms with Crippen LogP contribution in [-0.2, 0) is 0 Å². The molecule has 1 fully saturated rings. The molecule has 1 aromatic carbocycles. The number of aliphatic hydroxyl groups excluding tert-OH is 1. The van der Waals surface area contributed by atoms with Gasteiger partial charge in [0.2, 0.25) is 0 Å². The molecule has 0 saturated heterocycles. The highest BCUT2D eigenvalue weighted by Crippen LogP contribution is 2.38. The zero-order valence-electron chi connectivity index (χ0n) is 10.7. The van der Waals surface area contributed by atoms with Crippen molar-refractivity contribution >= 4 is 23.4 Å². The number of rotatable bonds is 4. The molecule has 0 spiro atoms. The Bertz CT molecular complexity index is 395. The van der Waals surface area contributed by atoms with Crippen LogP contribution in [0.5, 0.6) is 0 Å². The Labute approximate surface area is 118 Å². The quantitative estimate of drug-likeness (QED) is 0.890. The lowest BCUT2D eigenvalue weighted by atomic mass is 9.82. The van der Waals surface area contributed by atoms with Crippen LogP contribution in [0.25, 0.3) is 0 Å². The van der Waals surface area contributed by atoms with E-state index in [1.807, 2.05) is 37.0 Å². The highest BCUT2D eigenvalue weighted by Gasteiger charge is 2.34. The first-order chi connectivity index (χ1) is 8.67. The molecule has 100 valence electrons. The smallest absolute Gasteiger partial charge is 0.0613 e. The van der Waals surface area contributed by atoms with Crippen molar-refractivity contribution in [3.8, 4) is 0 Å². The van der Waals surface area contributed by atoms with Crippen LogP contribution >= 0.6 is 23.4 Å². The maximum absolute atomic E-state index is 9.58. The van der Waals surface area contributed by atoms with Crippen LogP contribution in [0.2, 0.25) is 5.02 Å². The van der Waals surface area contributed by atoms with Gasteiger partial charge in [0.1, 0.15) is 0 Å². The van der Waals surface area contributed by atoms with Crippen LogP contribution < -0.4 is 5.32 Å². The third-order valence-electron chi connectivity index (χ3n) is 3.73. The zero-order valence-corrected chi connectivity index (χ0v) is 12.2. The number of hydrogen-bond donors (Lipinski definition) is 2. The molecule has 0 amide bonds. The first-order valence-corrected chi connectivity index (χ1v) is 7.65. The average molecular weight is 286 g/mol. The van der Waals surface area contributed by atoms with E-state index >= 15 is 0 Å². The summed E-state index contributed by atoms with van der Waals surface area (Å²) in [5, 5.41) is 14.2. The molecular formula is C14H20ClNOS. The fraction of sp³-hybridized carbons (Fsp3) is 0.571. The molecule has 2 atom stereocenters. The van der Waals surface area contributed by atoms with Crippen molar-refractivity contribution in [3.63, 3.8) is 0 Å². The van der Waals surface area contributed by atoms with Gasteiger partial charge in [0.15, 0.2) is 0 Å². The van der Waals surface area contributed by atoms with Crippen molar-refractivity contribution in [1.29, 1.82) is 0 Å². The summed E-state index contributed by atoms with van der Waals surface area (Å²) < 4.78 is 0. The molecule has 2 rings (SSSR count). The monoisotopic (exact) mass is 285 g/mol. The van der Waals surface area contributed by atoms with E-state index in [9.17, 15) is 5.11 Å². The second-order valence-electron chi connectivity index (χ2n) is 4.98. The summed E-state index contributed by atoms with van der Waals surface area (Å²) in [6.07, 6.45) is 4.45. The summed E-state index contributed by atoms with van der Waals surface area (Å²) in [4.78, 5) is 1.22. The fourth-order valence-electron chi connectivity index (χ4n) is 2.59. The lowest BCUT2D eigenvalue weighted by molar-refractivity contribution is 0.131. The predicted octanol–water partition coefficient (Wildman–Crippen LogP) is 3.33. The lowest BCUT2D eigenvalue weighted by Gasteiger charge is -2.39. The Morgan fingerprint density at radius 1 is 1.56 bits per heavy atom. The van der Waals surface area contributed by atoms with Crippen molar-refractivity contribution in [2.24, 2.45) is 0 Å². The molecule has 0 radical (unpaired) electrons. The summed E-state index contributed by atoms with van der Waals surface area (Å²) in [6, 6.07) is 8.01. The summed E-state index contributed by atoms with van der Waals surface area (Å²) in [6.45, 7) is 0.218. The van der Waals surface area contributed by atoms with Crippen LogP contribution in [0.4, 0.5) is 0 Å². The Balaban J connectivity index is 2.01. The molecular weight excluding hydrogens is 266 g/mol. The van der Waals surface area contributed by atoms with Crippen LogP contribution in [0.15, 0.2) is 29.2 Å². The van der Waals surface area contributed by atoms with Gasteiger partial charge in [-0.2, -0.15) is 0 Å². The van der Waals surface area contributed by atoms with Crippen LogP contribution in [0.1, 0.15) is 25.7 Å². The minimum atomic E-state index is -0.0888. The van der Waals surface area contributed by atoms with Crippen molar-refractivity contribution in [1.82, 2.24) is 5.32 Å². The Hall–Kier alpha value is -0.220. The number of hydrogen-bond acceptors (Lipinski definition) is 3. The Morgan fingerprint density at radius 2 is 2.39 bits per heavy atom. The predicted molar refractivity (Wildman–Crippen MR) is 78.4 cm³/mol. The molecule has 0 heterocycles. The van der Waals surface area contributed by atoms with E-state index in [1.165, 1.54) is 17.7 Å². The van der Waals surface area contributed by atoms with E-state index in [2.05, 4.69) is 11.4 Å². The van der Waals surface area contributed by atoms with Crippen molar-refractivity contribution in [2.45, 2.75) is 41.4 Å². The summed E-state index contributed by atoms with van der Waals surface area (Å²) in [5.74, 6) is 0. The number of aliphatic hydroxyl groups is 1. The maximum atomic E-state index is 9.58. The number of likely N-dealkylation sites (N-methyl/N-ethyl adjacent to an activating group) is 1. The van der Waals surface area contributed by atoms with E-state index in [-0.39, 0.29) is 12.1 Å². The molecule has 2 unspecified atom stereocenters. The topological polar surface area (TPSA) is 32.3 Å². The molecule has 0 aliphatic heterocycles. The highest BCUT2D eigenvalue weighted by atomic mass is 35.5. The molecule has 1 aliphatic carbocycles. The van der Waals surface area contributed by atoms with Gasteiger partial charge in [-0.05, 0) is 44.5 Å². The van der Waals surface area contributed by atoms with E-state index in [1.54, 1.807) is 0 Å². The van der Waals surface area contributed by atoms with Crippen molar-refractivity contribution < 1.29 is 5.11 Å². The molecule has 1 aliphatic rings. The SMILES string of the molecule is CNC1(CO)CCCC(Sc2cccc(Cl)c2)C1. The van der Waals surface area contributed by atoms with Gasteiger partial charge in [-0.1, -0.05) is 24.1 Å². The fourth-order valence-corrected chi connectivity index (χ4v) is 4.27. The van der Waals surface area contributed by atoms with Crippen molar-refractivity contribution in [3.05, 3.63) is 29.3 Å². The molecule has 18 heavy (non-hydrogen) atoms. The first kappa shape index (κ1) is 14.2. The summed E-state index contributed by atoms with van der Waals surface area (Å²) in [7, 11) is 1.95. The molecule has 1 saturated carbocycles. The second kappa shape index (κ2) is 6.29. The Kier molecular flexibility index (Phi) is 4.96. The van der Waals surface area contributed by atoms with Crippen LogP contribution in [-0.4, -0.2) is 29.5 Å².